The van der Waals surface area contributed by atoms with Crippen molar-refractivity contribution in [3.63, 3.8) is 0 Å². The number of hydrogen-bond acceptors (Lipinski definition) is 6. The zero-order valence-corrected chi connectivity index (χ0v) is 20.2. The van der Waals surface area contributed by atoms with Crippen LogP contribution in [0.25, 0.3) is 16.0 Å². The minimum atomic E-state index is -3.58. The maximum absolute atomic E-state index is 13.5. The third-order valence-corrected chi connectivity index (χ3v) is 7.93. The van der Waals surface area contributed by atoms with Gasteiger partial charge in [-0.2, -0.15) is 0 Å². The zero-order valence-electron chi connectivity index (χ0n) is 18.5. The lowest BCUT2D eigenvalue weighted by atomic mass is 10.2. The third-order valence-electron chi connectivity index (χ3n) is 5.86. The predicted octanol–water partition coefficient (Wildman–Crippen LogP) is 3.56. The Labute approximate surface area is 201 Å². The molecule has 7 nitrogen and oxygen atoms in total. The van der Waals surface area contributed by atoms with Gasteiger partial charge in [-0.15, -0.1) is 11.3 Å². The molecule has 0 bridgehead atoms. The summed E-state index contributed by atoms with van der Waals surface area (Å²) in [5.41, 5.74) is 1.51. The Morgan fingerprint density at radius 3 is 2.59 bits per heavy atom. The van der Waals surface area contributed by atoms with Gasteiger partial charge in [0.15, 0.2) is 5.69 Å². The van der Waals surface area contributed by atoms with Gasteiger partial charge < -0.3 is 4.90 Å². The van der Waals surface area contributed by atoms with Crippen molar-refractivity contribution >= 4 is 32.6 Å². The standard InChI is InChI=1S/C24H23FN4O3S2/c1-34(31,32)24-26-22(20-7-2-3-10-29(20)24)23(30)28-13-11-27(12-14-28)16-19-8-9-21(33-19)17-5-4-6-18(25)15-17/h2-10,15H,11-14,16H2,1H3. The smallest absolute Gasteiger partial charge is 0.274 e. The van der Waals surface area contributed by atoms with Crippen LogP contribution in [0.15, 0.2) is 66.0 Å². The van der Waals surface area contributed by atoms with Crippen molar-refractivity contribution in [3.8, 4) is 10.4 Å². The first-order valence-corrected chi connectivity index (χ1v) is 13.5. The molecule has 0 spiro atoms. The maximum atomic E-state index is 13.5. The molecule has 0 atom stereocenters. The molecule has 1 saturated heterocycles. The number of fused-ring (bicyclic) bond motifs is 1. The molecule has 0 N–H and O–H groups in total. The second kappa shape index (κ2) is 8.94. The molecular formula is C24H23FN4O3S2. The molecule has 4 heterocycles. The highest BCUT2D eigenvalue weighted by atomic mass is 32.2. The van der Waals surface area contributed by atoms with E-state index >= 15 is 0 Å². The number of sulfone groups is 1. The number of pyridine rings is 1. The first kappa shape index (κ1) is 22.7. The molecular weight excluding hydrogens is 475 g/mol. The fourth-order valence-electron chi connectivity index (χ4n) is 4.17. The number of rotatable bonds is 5. The molecule has 34 heavy (non-hydrogen) atoms. The maximum Gasteiger partial charge on any atom is 0.274 e. The number of aromatic nitrogens is 2. The van der Waals surface area contributed by atoms with Crippen molar-refractivity contribution in [2.24, 2.45) is 0 Å². The van der Waals surface area contributed by atoms with Gasteiger partial charge in [0.2, 0.25) is 15.0 Å². The van der Waals surface area contributed by atoms with E-state index in [1.165, 1.54) is 21.4 Å². The summed E-state index contributed by atoms with van der Waals surface area (Å²) >= 11 is 1.64. The van der Waals surface area contributed by atoms with E-state index in [9.17, 15) is 17.6 Å². The van der Waals surface area contributed by atoms with E-state index in [1.807, 2.05) is 12.1 Å². The van der Waals surface area contributed by atoms with E-state index < -0.39 is 9.84 Å². The summed E-state index contributed by atoms with van der Waals surface area (Å²) < 4.78 is 39.3. The monoisotopic (exact) mass is 498 g/mol. The summed E-state index contributed by atoms with van der Waals surface area (Å²) in [5.74, 6) is -0.509. The fraction of sp³-hybridized carbons (Fsp3) is 0.250. The molecule has 0 aliphatic carbocycles. The van der Waals surface area contributed by atoms with Crippen LogP contribution in [-0.2, 0) is 16.4 Å². The van der Waals surface area contributed by atoms with Crippen LogP contribution < -0.4 is 0 Å². The molecule has 1 aliphatic heterocycles. The highest BCUT2D eigenvalue weighted by molar-refractivity contribution is 7.90. The van der Waals surface area contributed by atoms with Gasteiger partial charge >= 0.3 is 0 Å². The Morgan fingerprint density at radius 1 is 1.06 bits per heavy atom. The number of imidazole rings is 1. The lowest BCUT2D eigenvalue weighted by Crippen LogP contribution is -2.48. The quantitative estimate of drug-likeness (QED) is 0.421. The van der Waals surface area contributed by atoms with Crippen molar-refractivity contribution in [2.75, 3.05) is 32.4 Å². The van der Waals surface area contributed by atoms with Gasteiger partial charge in [-0.25, -0.2) is 17.8 Å². The number of hydrogen-bond donors (Lipinski definition) is 0. The molecule has 3 aromatic heterocycles. The number of carbonyl (C=O) groups is 1. The van der Waals surface area contributed by atoms with E-state index in [2.05, 4.69) is 16.0 Å². The van der Waals surface area contributed by atoms with Crippen molar-refractivity contribution in [2.45, 2.75) is 11.7 Å². The van der Waals surface area contributed by atoms with Gasteiger partial charge in [0.25, 0.3) is 5.91 Å². The summed E-state index contributed by atoms with van der Waals surface area (Å²) in [6, 6.07) is 15.8. The predicted molar refractivity (Wildman–Crippen MR) is 129 cm³/mol. The average molecular weight is 499 g/mol. The Balaban J connectivity index is 1.26. The van der Waals surface area contributed by atoms with E-state index in [0.29, 0.717) is 31.7 Å². The number of halogens is 1. The van der Waals surface area contributed by atoms with Gasteiger partial charge in [-0.1, -0.05) is 18.2 Å². The molecule has 1 aromatic carbocycles. The molecule has 10 heteroatoms. The fourth-order valence-corrected chi connectivity index (χ4v) is 5.99. The normalized spacial score (nSPS) is 15.2. The van der Waals surface area contributed by atoms with Crippen molar-refractivity contribution in [3.05, 3.63) is 77.2 Å². The van der Waals surface area contributed by atoms with Gasteiger partial charge in [-0.05, 0) is 42.0 Å². The molecule has 0 radical (unpaired) electrons. The minimum absolute atomic E-state index is 0.128. The van der Waals surface area contributed by atoms with E-state index in [-0.39, 0.29) is 22.6 Å². The van der Waals surface area contributed by atoms with Gasteiger partial charge in [0.1, 0.15) is 5.82 Å². The number of amides is 1. The third kappa shape index (κ3) is 4.48. The molecule has 1 fully saturated rings. The molecule has 0 unspecified atom stereocenters. The first-order chi connectivity index (χ1) is 16.3. The SMILES string of the molecule is CS(=O)(=O)c1nc(C(=O)N2CCN(Cc3ccc(-c4cccc(F)c4)s3)CC2)c2ccccn12. The summed E-state index contributed by atoms with van der Waals surface area (Å²) in [5, 5.41) is -0.128. The van der Waals surface area contributed by atoms with E-state index in [1.54, 1.807) is 46.7 Å². The highest BCUT2D eigenvalue weighted by Gasteiger charge is 2.28. The minimum Gasteiger partial charge on any atom is -0.335 e. The van der Waals surface area contributed by atoms with Gasteiger partial charge in [0.05, 0.1) is 5.52 Å². The Kier molecular flexibility index (Phi) is 5.97. The van der Waals surface area contributed by atoms with Crippen molar-refractivity contribution in [1.29, 1.82) is 0 Å². The lowest BCUT2D eigenvalue weighted by molar-refractivity contribution is 0.0626. The van der Waals surface area contributed by atoms with Crippen LogP contribution in [0.5, 0.6) is 0 Å². The molecule has 4 aromatic rings. The van der Waals surface area contributed by atoms with Crippen LogP contribution in [-0.4, -0.2) is 65.9 Å². The molecule has 176 valence electrons. The number of carbonyl (C=O) groups excluding carboxylic acids is 1. The number of nitrogens with zero attached hydrogens (tertiary/aromatic N) is 4. The summed E-state index contributed by atoms with van der Waals surface area (Å²) in [6.07, 6.45) is 2.69. The molecule has 0 saturated carbocycles. The topological polar surface area (TPSA) is 75.0 Å². The summed E-state index contributed by atoms with van der Waals surface area (Å²) in [4.78, 5) is 23.6. The average Bonchev–Trinajstić information content (AvgIpc) is 3.44. The second-order valence-electron chi connectivity index (χ2n) is 8.32. The summed E-state index contributed by atoms with van der Waals surface area (Å²) in [7, 11) is -3.58. The van der Waals surface area contributed by atoms with Crippen LogP contribution in [0.2, 0.25) is 0 Å². The number of benzene rings is 1. The van der Waals surface area contributed by atoms with E-state index in [0.717, 1.165) is 23.2 Å². The van der Waals surface area contributed by atoms with Gasteiger partial charge in [-0.3, -0.25) is 14.1 Å². The van der Waals surface area contributed by atoms with Gasteiger partial charge in [0, 0.05) is 54.9 Å². The zero-order chi connectivity index (χ0) is 23.9. The van der Waals surface area contributed by atoms with Crippen LogP contribution in [0.4, 0.5) is 4.39 Å². The highest BCUT2D eigenvalue weighted by Crippen LogP contribution is 2.29. The summed E-state index contributed by atoms with van der Waals surface area (Å²) in [6.45, 7) is 3.21. The molecule has 1 amide bonds. The van der Waals surface area contributed by atoms with Crippen LogP contribution in [0.1, 0.15) is 15.4 Å². The molecule has 5 rings (SSSR count). The number of thiophene rings is 1. The second-order valence-corrected chi connectivity index (χ2v) is 11.4. The molecule has 1 aliphatic rings. The Hall–Kier alpha value is -3.08. The van der Waals surface area contributed by atoms with Crippen LogP contribution in [0.3, 0.4) is 0 Å². The lowest BCUT2D eigenvalue weighted by Gasteiger charge is -2.34. The van der Waals surface area contributed by atoms with Crippen molar-refractivity contribution in [1.82, 2.24) is 19.2 Å². The largest absolute Gasteiger partial charge is 0.335 e. The van der Waals surface area contributed by atoms with Crippen LogP contribution >= 0.6 is 11.3 Å². The number of piperazine rings is 1. The van der Waals surface area contributed by atoms with Crippen LogP contribution in [0, 0.1) is 5.82 Å². The first-order valence-electron chi connectivity index (χ1n) is 10.8. The Morgan fingerprint density at radius 2 is 1.85 bits per heavy atom. The van der Waals surface area contributed by atoms with E-state index in [4.69, 9.17) is 0 Å². The van der Waals surface area contributed by atoms with Crippen molar-refractivity contribution < 1.29 is 17.6 Å². The Bertz CT molecular complexity index is 1470.